The number of rotatable bonds is 6. The number of hydrogen-bond acceptors (Lipinski definition) is 5. The number of ether oxygens (including phenoxy) is 2. The summed E-state index contributed by atoms with van der Waals surface area (Å²) >= 11 is 0. The molecule has 0 aliphatic carbocycles. The van der Waals surface area contributed by atoms with E-state index in [0.717, 1.165) is 0 Å². The molecule has 0 fully saturated rings. The van der Waals surface area contributed by atoms with Gasteiger partial charge in [0, 0.05) is 18.3 Å². The lowest BCUT2D eigenvalue weighted by molar-refractivity contribution is 0.109. The Labute approximate surface area is 88.8 Å². The highest BCUT2D eigenvalue weighted by atomic mass is 16.5. The Kier molecular flexibility index (Phi) is 5.10. The zero-order valence-electron chi connectivity index (χ0n) is 8.59. The van der Waals surface area contributed by atoms with Gasteiger partial charge in [-0.3, -0.25) is 0 Å². The van der Waals surface area contributed by atoms with Crippen LogP contribution in [0.1, 0.15) is 6.92 Å². The van der Waals surface area contributed by atoms with Crippen molar-refractivity contribution in [3.63, 3.8) is 0 Å². The first-order chi connectivity index (χ1) is 7.25. The van der Waals surface area contributed by atoms with Crippen molar-refractivity contribution in [1.29, 1.82) is 0 Å². The van der Waals surface area contributed by atoms with Crippen molar-refractivity contribution in [1.82, 2.24) is 4.98 Å². The van der Waals surface area contributed by atoms with E-state index in [1.165, 1.54) is 6.20 Å². The third-order valence-corrected chi connectivity index (χ3v) is 1.75. The Balaban J connectivity index is 2.52. The van der Waals surface area contributed by atoms with Crippen molar-refractivity contribution in [3.8, 4) is 5.88 Å². The molecular formula is C9H14BNO4. The molecule has 1 heterocycles. The summed E-state index contributed by atoms with van der Waals surface area (Å²) in [5.41, 5.74) is 0.258. The van der Waals surface area contributed by atoms with Crippen LogP contribution in [-0.2, 0) is 4.74 Å². The fourth-order valence-electron chi connectivity index (χ4n) is 1.06. The summed E-state index contributed by atoms with van der Waals surface area (Å²) in [4.78, 5) is 3.90. The van der Waals surface area contributed by atoms with Crippen LogP contribution < -0.4 is 10.2 Å². The van der Waals surface area contributed by atoms with Gasteiger partial charge in [-0.1, -0.05) is 6.07 Å². The Hall–Kier alpha value is -1.11. The van der Waals surface area contributed by atoms with Crippen LogP contribution in [0.3, 0.4) is 0 Å². The fraction of sp³-hybridized carbons (Fsp3) is 0.444. The highest BCUT2D eigenvalue weighted by molar-refractivity contribution is 6.59. The lowest BCUT2D eigenvalue weighted by Crippen LogP contribution is -2.32. The van der Waals surface area contributed by atoms with Gasteiger partial charge in [0.2, 0.25) is 5.88 Å². The van der Waals surface area contributed by atoms with Crippen LogP contribution in [0.2, 0.25) is 0 Å². The van der Waals surface area contributed by atoms with Crippen LogP contribution >= 0.6 is 0 Å². The maximum atomic E-state index is 9.01. The number of pyridine rings is 1. The van der Waals surface area contributed by atoms with Crippen LogP contribution in [0.4, 0.5) is 0 Å². The molecule has 1 aromatic rings. The minimum Gasteiger partial charge on any atom is -0.475 e. The average molecular weight is 211 g/mol. The van der Waals surface area contributed by atoms with E-state index in [2.05, 4.69) is 4.98 Å². The first-order valence-electron chi connectivity index (χ1n) is 4.77. The van der Waals surface area contributed by atoms with Crippen molar-refractivity contribution in [2.75, 3.05) is 19.8 Å². The maximum absolute atomic E-state index is 9.01. The zero-order valence-corrected chi connectivity index (χ0v) is 8.59. The molecule has 0 saturated heterocycles. The van der Waals surface area contributed by atoms with Gasteiger partial charge in [-0.15, -0.1) is 0 Å². The van der Waals surface area contributed by atoms with Crippen LogP contribution in [0, 0.1) is 0 Å². The molecule has 0 aliphatic rings. The molecule has 0 spiro atoms. The first-order valence-corrected chi connectivity index (χ1v) is 4.77. The first kappa shape index (κ1) is 12.0. The standard InChI is InChI=1S/C9H14BNO4/c1-2-14-6-7-15-9-8(10(12)13)4-3-5-11-9/h3-5,12-13H,2,6-7H2,1H3. The van der Waals surface area contributed by atoms with Crippen molar-refractivity contribution >= 4 is 12.6 Å². The molecule has 0 bridgehead atoms. The summed E-state index contributed by atoms with van der Waals surface area (Å²) in [6.07, 6.45) is 1.53. The minimum atomic E-state index is -1.57. The van der Waals surface area contributed by atoms with Gasteiger partial charge >= 0.3 is 7.12 Å². The molecule has 15 heavy (non-hydrogen) atoms. The van der Waals surface area contributed by atoms with Crippen LogP contribution in [0.15, 0.2) is 18.3 Å². The normalized spacial score (nSPS) is 10.1. The number of aromatic nitrogens is 1. The molecule has 0 atom stereocenters. The summed E-state index contributed by atoms with van der Waals surface area (Å²) < 4.78 is 10.3. The summed E-state index contributed by atoms with van der Waals surface area (Å²) in [6.45, 7) is 3.31. The molecular weight excluding hydrogens is 197 g/mol. The van der Waals surface area contributed by atoms with Crippen molar-refractivity contribution in [2.45, 2.75) is 6.92 Å². The molecule has 0 saturated carbocycles. The highest BCUT2D eigenvalue weighted by Crippen LogP contribution is 2.01. The van der Waals surface area contributed by atoms with Gasteiger partial charge in [0.15, 0.2) is 0 Å². The third-order valence-electron chi connectivity index (χ3n) is 1.75. The second-order valence-electron chi connectivity index (χ2n) is 2.82. The van der Waals surface area contributed by atoms with Crippen molar-refractivity contribution < 1.29 is 19.5 Å². The molecule has 82 valence electrons. The molecule has 0 radical (unpaired) electrons. The second-order valence-corrected chi connectivity index (χ2v) is 2.82. The molecule has 0 aromatic carbocycles. The minimum absolute atomic E-state index is 0.229. The van der Waals surface area contributed by atoms with E-state index in [4.69, 9.17) is 19.5 Å². The fourth-order valence-corrected chi connectivity index (χ4v) is 1.06. The van der Waals surface area contributed by atoms with E-state index in [0.29, 0.717) is 19.8 Å². The largest absolute Gasteiger partial charge is 0.494 e. The van der Waals surface area contributed by atoms with Gasteiger partial charge in [-0.2, -0.15) is 0 Å². The smallest absolute Gasteiger partial charge is 0.475 e. The quantitative estimate of drug-likeness (QED) is 0.475. The van der Waals surface area contributed by atoms with Crippen LogP contribution in [0.5, 0.6) is 5.88 Å². The molecule has 1 rings (SSSR count). The van der Waals surface area contributed by atoms with Gasteiger partial charge in [0.1, 0.15) is 6.61 Å². The van der Waals surface area contributed by atoms with Gasteiger partial charge in [0.25, 0.3) is 0 Å². The summed E-state index contributed by atoms with van der Waals surface area (Å²) in [5, 5.41) is 18.0. The molecule has 0 amide bonds. The van der Waals surface area contributed by atoms with E-state index < -0.39 is 7.12 Å². The maximum Gasteiger partial charge on any atom is 0.494 e. The van der Waals surface area contributed by atoms with Gasteiger partial charge in [-0.05, 0) is 13.0 Å². The van der Waals surface area contributed by atoms with Gasteiger partial charge in [-0.25, -0.2) is 4.98 Å². The predicted molar refractivity (Wildman–Crippen MR) is 56.1 cm³/mol. The Morgan fingerprint density at radius 3 is 2.87 bits per heavy atom. The molecule has 0 aliphatic heterocycles. The summed E-state index contributed by atoms with van der Waals surface area (Å²) in [5.74, 6) is 0.229. The van der Waals surface area contributed by atoms with E-state index in [9.17, 15) is 0 Å². The Morgan fingerprint density at radius 2 is 2.20 bits per heavy atom. The van der Waals surface area contributed by atoms with E-state index >= 15 is 0 Å². The molecule has 6 heteroatoms. The van der Waals surface area contributed by atoms with Crippen LogP contribution in [-0.4, -0.2) is 42.0 Å². The molecule has 1 aromatic heterocycles. The zero-order chi connectivity index (χ0) is 11.1. The SMILES string of the molecule is CCOCCOc1ncccc1B(O)O. The average Bonchev–Trinajstić information content (AvgIpc) is 2.25. The topological polar surface area (TPSA) is 71.8 Å². The van der Waals surface area contributed by atoms with Crippen molar-refractivity contribution in [3.05, 3.63) is 18.3 Å². The van der Waals surface area contributed by atoms with Gasteiger partial charge in [0.05, 0.1) is 6.61 Å². The van der Waals surface area contributed by atoms with E-state index in [1.54, 1.807) is 12.1 Å². The molecule has 5 nitrogen and oxygen atoms in total. The van der Waals surface area contributed by atoms with Crippen molar-refractivity contribution in [2.24, 2.45) is 0 Å². The second kappa shape index (κ2) is 6.39. The summed E-state index contributed by atoms with van der Waals surface area (Å²) in [7, 11) is -1.57. The number of hydrogen-bond donors (Lipinski definition) is 2. The highest BCUT2D eigenvalue weighted by Gasteiger charge is 2.17. The molecule has 2 N–H and O–H groups in total. The van der Waals surface area contributed by atoms with E-state index in [-0.39, 0.29) is 11.3 Å². The Bertz CT molecular complexity index is 295. The van der Waals surface area contributed by atoms with E-state index in [1.807, 2.05) is 6.92 Å². The molecule has 0 unspecified atom stereocenters. The predicted octanol–water partition coefficient (Wildman–Crippen LogP) is -0.823. The van der Waals surface area contributed by atoms with Crippen LogP contribution in [0.25, 0.3) is 0 Å². The third kappa shape index (κ3) is 3.87. The van der Waals surface area contributed by atoms with Gasteiger partial charge < -0.3 is 19.5 Å². The number of nitrogens with zero attached hydrogens (tertiary/aromatic N) is 1. The lowest BCUT2D eigenvalue weighted by Gasteiger charge is -2.09. The lowest BCUT2D eigenvalue weighted by atomic mass is 9.81. The monoisotopic (exact) mass is 211 g/mol. The summed E-state index contributed by atoms with van der Waals surface area (Å²) in [6, 6.07) is 3.16. The Morgan fingerprint density at radius 1 is 1.40 bits per heavy atom.